The van der Waals surface area contributed by atoms with Gasteiger partial charge in [-0.1, -0.05) is 14.8 Å². The highest BCUT2D eigenvalue weighted by atomic mass is 32.2. The van der Waals surface area contributed by atoms with E-state index in [1.54, 1.807) is 23.5 Å². The first kappa shape index (κ1) is 17.9. The van der Waals surface area contributed by atoms with Gasteiger partial charge in [-0.05, 0) is 0 Å². The molecule has 0 saturated carbocycles. The summed E-state index contributed by atoms with van der Waals surface area (Å²) < 4.78 is 21.0. The van der Waals surface area contributed by atoms with Crippen molar-refractivity contribution < 1.29 is 27.2 Å². The quantitative estimate of drug-likeness (QED) is 0.606. The Balaban J connectivity index is -0.000000238. The van der Waals surface area contributed by atoms with E-state index in [1.165, 1.54) is 0 Å². The summed E-state index contributed by atoms with van der Waals surface area (Å²) in [5.41, 5.74) is 0. The molecule has 0 radical (unpaired) electrons. The zero-order valence-electron chi connectivity index (χ0n) is 11.8. The molecule has 0 amide bonds. The first-order valence-electron chi connectivity index (χ1n) is 6.39. The highest BCUT2D eigenvalue weighted by Gasteiger charge is 2.05. The Kier molecular flexibility index (Phi) is 19.1. The van der Waals surface area contributed by atoms with E-state index in [2.05, 4.69) is 9.47 Å². The summed E-state index contributed by atoms with van der Waals surface area (Å²) in [6.45, 7) is 1.38. The fourth-order valence-electron chi connectivity index (χ4n) is 0.743. The van der Waals surface area contributed by atoms with E-state index in [-0.39, 0.29) is 28.0 Å². The van der Waals surface area contributed by atoms with Crippen molar-refractivity contribution in [3.8, 4) is 0 Å². The van der Waals surface area contributed by atoms with Gasteiger partial charge in [-0.3, -0.25) is 0 Å². The van der Waals surface area contributed by atoms with Gasteiger partial charge < -0.3 is 19.7 Å². The van der Waals surface area contributed by atoms with Crippen LogP contribution >= 0.6 is 23.5 Å². The first-order valence-corrected chi connectivity index (χ1v) is 7.29. The Morgan fingerprint density at radius 2 is 1.78 bits per heavy atom. The summed E-state index contributed by atoms with van der Waals surface area (Å²) in [6, 6.07) is 0. The topological polar surface area (TPSA) is 76.0 Å². The van der Waals surface area contributed by atoms with Crippen molar-refractivity contribution in [1.82, 2.24) is 0 Å². The molecule has 0 aliphatic carbocycles. The second-order valence-electron chi connectivity index (χ2n) is 2.62. The number of carbonyl (C=O) groups excluding carboxylic acids is 1. The average Bonchev–Trinajstić information content (AvgIpc) is 2.36. The molecular formula is C11H26O5S2. The van der Waals surface area contributed by atoms with Crippen LogP contribution in [0.5, 0.6) is 0 Å². The molecule has 2 N–H and O–H groups in total. The number of hydrogen-bond donors (Lipinski definition) is 2. The number of hydrogen-bond acceptors (Lipinski definition) is 7. The third-order valence-corrected chi connectivity index (χ3v) is 3.22. The fraction of sp³-hybridized carbons (Fsp3) is 0.909. The second-order valence-corrected chi connectivity index (χ2v) is 5.07. The first-order chi connectivity index (χ1) is 9.22. The van der Waals surface area contributed by atoms with E-state index >= 15 is 0 Å². The van der Waals surface area contributed by atoms with Gasteiger partial charge in [-0.2, -0.15) is 23.5 Å². The lowest BCUT2D eigenvalue weighted by atomic mass is 10.8. The van der Waals surface area contributed by atoms with Crippen LogP contribution in [0.3, 0.4) is 0 Å². The van der Waals surface area contributed by atoms with Gasteiger partial charge >= 0.3 is 6.16 Å². The number of cyclic esters (lactones) is 2. The molecule has 18 heavy (non-hydrogen) atoms. The summed E-state index contributed by atoms with van der Waals surface area (Å²) in [6.07, 6.45) is -0.532. The van der Waals surface area contributed by atoms with Gasteiger partial charge in [-0.15, -0.1) is 0 Å². The van der Waals surface area contributed by atoms with Crippen LogP contribution in [-0.4, -0.2) is 65.8 Å². The molecule has 1 aliphatic rings. The van der Waals surface area contributed by atoms with Crippen LogP contribution in [0.1, 0.15) is 17.5 Å². The number of rotatable bonds is 4. The Morgan fingerprint density at radius 3 is 2.17 bits per heavy atom. The summed E-state index contributed by atoms with van der Waals surface area (Å²) >= 11 is 3.28. The molecule has 1 saturated heterocycles. The second kappa shape index (κ2) is 19.2. The number of aliphatic hydroxyl groups excluding tert-OH is 2. The maximum absolute atomic E-state index is 10.4. The van der Waals surface area contributed by atoms with E-state index in [0.717, 1.165) is 23.0 Å². The van der Waals surface area contributed by atoms with Crippen molar-refractivity contribution in [2.45, 2.75) is 14.8 Å². The van der Waals surface area contributed by atoms with Crippen LogP contribution in [0.15, 0.2) is 0 Å². The van der Waals surface area contributed by atoms with Crippen molar-refractivity contribution >= 4 is 29.7 Å². The molecule has 0 aromatic rings. The van der Waals surface area contributed by atoms with E-state index < -0.39 is 6.16 Å². The van der Waals surface area contributed by atoms with E-state index in [9.17, 15) is 4.79 Å². The van der Waals surface area contributed by atoms with E-state index in [1.807, 2.05) is 0 Å². The van der Waals surface area contributed by atoms with Gasteiger partial charge in [0.05, 0.1) is 13.2 Å². The van der Waals surface area contributed by atoms with Crippen molar-refractivity contribution in [3.63, 3.8) is 0 Å². The zero-order valence-corrected chi connectivity index (χ0v) is 11.4. The Labute approximate surface area is 121 Å². The smallest absolute Gasteiger partial charge is 0.433 e. The number of ether oxygens (including phenoxy) is 2. The summed E-state index contributed by atoms with van der Waals surface area (Å²) in [5.74, 6) is 3.24. The molecular weight excluding hydrogens is 276 g/mol. The molecule has 7 heteroatoms. The highest BCUT2D eigenvalue weighted by Crippen LogP contribution is 2.03. The highest BCUT2D eigenvalue weighted by molar-refractivity contribution is 7.99. The predicted molar refractivity (Wildman–Crippen MR) is 79.6 cm³/mol. The largest absolute Gasteiger partial charge is 0.508 e. The van der Waals surface area contributed by atoms with Gasteiger partial charge in [0.15, 0.2) is 0 Å². The summed E-state index contributed by atoms with van der Waals surface area (Å²) in [5, 5.41) is 16.4. The maximum atomic E-state index is 10.4. The molecule has 0 atom stereocenters. The third-order valence-electron chi connectivity index (χ3n) is 1.37. The molecule has 0 bridgehead atoms. The van der Waals surface area contributed by atoms with Crippen LogP contribution in [0.2, 0.25) is 0 Å². The minimum Gasteiger partial charge on any atom is -0.433 e. The fourth-order valence-corrected chi connectivity index (χ4v) is 1.81. The molecule has 5 nitrogen and oxygen atoms in total. The summed E-state index contributed by atoms with van der Waals surface area (Å²) in [7, 11) is -0.250. The molecule has 1 fully saturated rings. The minimum atomic E-state index is -0.532. The van der Waals surface area contributed by atoms with Crippen LogP contribution in [-0.2, 0) is 9.47 Å². The molecule has 0 unspecified atom stereocenters. The van der Waals surface area contributed by atoms with Gasteiger partial charge in [0, 0.05) is 25.8 Å². The predicted octanol–water partition coefficient (Wildman–Crippen LogP) is 1.86. The molecule has 1 rings (SSSR count). The van der Waals surface area contributed by atoms with Gasteiger partial charge in [0.1, 0.15) is 13.2 Å². The van der Waals surface area contributed by atoms with Crippen LogP contribution in [0.4, 0.5) is 4.79 Å². The van der Waals surface area contributed by atoms with Gasteiger partial charge in [-0.25, -0.2) is 4.79 Å². The normalized spacial score (nSPS) is 15.3. The Bertz CT molecular complexity index is 176. The molecule has 0 aromatic carbocycles. The zero-order chi connectivity index (χ0) is 14.8. The SMILES string of the molecule is C.O=C1OCCSCCO1.OCCSCCO.[2H]C[3H]. The standard InChI is InChI=1S/C5H8O3S.C4H10O2S.2CH4/c6-5-7-1-3-9-4-2-8-5;5-1-3-7-4-2-6;;/h1-4H2;5-6H,1-4H2;2*1H4/i;;1TD;. The van der Waals surface area contributed by atoms with Crippen molar-refractivity contribution in [1.29, 1.82) is 0 Å². The number of carbonyl (C=O) groups is 1. The van der Waals surface area contributed by atoms with Crippen LogP contribution in [0.25, 0.3) is 0 Å². The summed E-state index contributed by atoms with van der Waals surface area (Å²) in [4.78, 5) is 10.4. The minimum absolute atomic E-state index is 0. The lowest BCUT2D eigenvalue weighted by Crippen LogP contribution is -2.15. The Morgan fingerprint density at radius 1 is 1.33 bits per heavy atom. The molecule has 112 valence electrons. The molecule has 0 aromatic heterocycles. The van der Waals surface area contributed by atoms with Crippen LogP contribution < -0.4 is 0 Å². The molecule has 0 spiro atoms. The van der Waals surface area contributed by atoms with Crippen molar-refractivity contribution in [2.75, 3.05) is 49.4 Å². The molecule has 1 heterocycles. The van der Waals surface area contributed by atoms with Gasteiger partial charge in [0.2, 0.25) is 0 Å². The average molecular weight is 305 g/mol. The lowest BCUT2D eigenvalue weighted by molar-refractivity contribution is 0.0628. The van der Waals surface area contributed by atoms with E-state index in [4.69, 9.17) is 13.0 Å². The maximum Gasteiger partial charge on any atom is 0.508 e. The van der Waals surface area contributed by atoms with Crippen LogP contribution in [0, 0.1) is 0 Å². The van der Waals surface area contributed by atoms with Crippen molar-refractivity contribution in [2.24, 2.45) is 0 Å². The number of thioether (sulfide) groups is 2. The lowest BCUT2D eigenvalue weighted by Gasteiger charge is -2.08. The molecule has 1 aliphatic heterocycles. The van der Waals surface area contributed by atoms with Gasteiger partial charge in [0.25, 0.3) is 0 Å². The Hall–Kier alpha value is -0.110. The van der Waals surface area contributed by atoms with E-state index in [0.29, 0.717) is 13.2 Å². The number of aliphatic hydroxyl groups is 2. The monoisotopic (exact) mass is 305 g/mol. The van der Waals surface area contributed by atoms with Crippen molar-refractivity contribution in [3.05, 3.63) is 0 Å². The third kappa shape index (κ3) is 18.3.